The molecule has 5 aliphatic heterocycles. The Bertz CT molecular complexity index is 2090. The van der Waals surface area contributed by atoms with Crippen LogP contribution in [0.2, 0.25) is 0 Å². The molecule has 58 heavy (non-hydrogen) atoms. The highest BCUT2D eigenvalue weighted by Crippen LogP contribution is 2.48. The van der Waals surface area contributed by atoms with E-state index < -0.39 is 0 Å². The zero-order valence-corrected chi connectivity index (χ0v) is 32.9. The molecule has 0 amide bonds. The van der Waals surface area contributed by atoms with Crippen LogP contribution in [-0.2, 0) is 23.7 Å². The number of aryl methyl sites for hydroxylation is 2. The van der Waals surface area contributed by atoms with E-state index in [1.807, 2.05) is 24.3 Å². The Hall–Kier alpha value is -5.10. The van der Waals surface area contributed by atoms with Crippen LogP contribution in [0.1, 0.15) is 33.7 Å². The first-order valence-corrected chi connectivity index (χ1v) is 20.3. The number of epoxide rings is 5. The fourth-order valence-electron chi connectivity index (χ4n) is 7.30. The van der Waals surface area contributed by atoms with Gasteiger partial charge in [-0.05, 0) is 90.2 Å². The first-order chi connectivity index (χ1) is 28.5. The van der Waals surface area contributed by atoms with Crippen LogP contribution in [-0.4, -0.2) is 96.6 Å². The largest absolute Gasteiger partial charge is 0.491 e. The smallest absolute Gasteiger partial charge is 0.126 e. The van der Waals surface area contributed by atoms with Gasteiger partial charge in [-0.15, -0.1) is 0 Å². The summed E-state index contributed by atoms with van der Waals surface area (Å²) < 4.78 is 59.6. The molecule has 0 aliphatic carbocycles. The van der Waals surface area contributed by atoms with Crippen molar-refractivity contribution in [3.05, 3.63) is 125 Å². The molecule has 0 bridgehead atoms. The summed E-state index contributed by atoms with van der Waals surface area (Å²) in [5.74, 6) is 3.62. The number of hydrogen-bond donors (Lipinski definition) is 0. The summed E-state index contributed by atoms with van der Waals surface area (Å²) >= 11 is 0. The Balaban J connectivity index is 1.11. The normalized spacial score (nSPS) is 22.8. The van der Waals surface area contributed by atoms with Crippen molar-refractivity contribution in [3.8, 4) is 51.0 Å². The fraction of sp³-hybridized carbons (Fsp3) is 0.375. The van der Waals surface area contributed by atoms with Crippen molar-refractivity contribution in [2.45, 2.75) is 50.3 Å². The van der Waals surface area contributed by atoms with Crippen LogP contribution >= 0.6 is 0 Å². The van der Waals surface area contributed by atoms with E-state index in [9.17, 15) is 0 Å². The van der Waals surface area contributed by atoms with Gasteiger partial charge < -0.3 is 47.4 Å². The van der Waals surface area contributed by atoms with E-state index in [0.29, 0.717) is 52.9 Å². The molecule has 5 aromatic rings. The lowest BCUT2D eigenvalue weighted by atomic mass is 9.80. The van der Waals surface area contributed by atoms with Gasteiger partial charge in [-0.25, -0.2) is 0 Å². The van der Waals surface area contributed by atoms with Crippen molar-refractivity contribution in [2.75, 3.05) is 66.1 Å². The molecule has 5 aliphatic rings. The summed E-state index contributed by atoms with van der Waals surface area (Å²) in [7, 11) is 0. The molecule has 10 nitrogen and oxygen atoms in total. The second-order valence-corrected chi connectivity index (χ2v) is 15.8. The number of rotatable bonds is 20. The molecule has 5 atom stereocenters. The summed E-state index contributed by atoms with van der Waals surface area (Å²) in [5.41, 5.74) is 9.37. The molecule has 0 radical (unpaired) electrons. The molecular weight excluding hydrogens is 737 g/mol. The molecule has 300 valence electrons. The lowest BCUT2D eigenvalue weighted by molar-refractivity contribution is 0.255. The van der Waals surface area contributed by atoms with Crippen molar-refractivity contribution < 1.29 is 47.4 Å². The quantitative estimate of drug-likeness (QED) is 0.0576. The number of ether oxygens (including phenoxy) is 10. The van der Waals surface area contributed by atoms with E-state index in [1.165, 1.54) is 0 Å². The number of hydrogen-bond acceptors (Lipinski definition) is 10. The van der Waals surface area contributed by atoms with Crippen molar-refractivity contribution in [1.29, 1.82) is 0 Å². The molecule has 0 saturated carbocycles. The second-order valence-electron chi connectivity index (χ2n) is 15.8. The minimum Gasteiger partial charge on any atom is -0.491 e. The first-order valence-electron chi connectivity index (χ1n) is 20.3. The topological polar surface area (TPSA) is 109 Å². The highest BCUT2D eigenvalue weighted by Gasteiger charge is 2.33. The predicted molar refractivity (Wildman–Crippen MR) is 217 cm³/mol. The molecule has 5 heterocycles. The SMILES string of the molecule is Cc1cc(C)c(OCC2CO2)c(C(c2cc(-c3ccc(OCC4CO4)cc3)ccc2OCC2CO2)c2cc(-c3ccc(OCC4CO4)cc3)ccc2OCC2CO2)c1. The Morgan fingerprint density at radius 1 is 0.431 bits per heavy atom. The van der Waals surface area contributed by atoms with E-state index in [4.69, 9.17) is 47.4 Å². The Morgan fingerprint density at radius 2 is 0.810 bits per heavy atom. The van der Waals surface area contributed by atoms with E-state index >= 15 is 0 Å². The van der Waals surface area contributed by atoms with Crippen molar-refractivity contribution >= 4 is 0 Å². The maximum absolute atomic E-state index is 6.72. The molecule has 0 N–H and O–H groups in total. The molecule has 10 heteroatoms. The zero-order chi connectivity index (χ0) is 39.0. The standard InChI is InChI=1S/C48H48O10/c1-29-15-30(2)48(58-28-41-25-55-41)44(16-29)47(42-17-33(7-13-45(42)56-26-39-23-53-39)31-3-9-35(10-4-31)49-19-37-21-51-37)43-18-34(8-14-46(43)57-27-40-24-54-40)32-5-11-36(12-6-32)50-20-38-22-52-38/h3-18,37-41,47H,19-28H2,1-2H3. The highest BCUT2D eigenvalue weighted by molar-refractivity contribution is 5.72. The predicted octanol–water partition coefficient (Wildman–Crippen LogP) is 7.71. The first kappa shape index (κ1) is 37.2. The van der Waals surface area contributed by atoms with E-state index in [2.05, 4.69) is 86.6 Å². The average Bonchev–Trinajstić information content (AvgIpc) is 4.04. The van der Waals surface area contributed by atoms with Crippen LogP contribution in [0, 0.1) is 13.8 Å². The summed E-state index contributed by atoms with van der Waals surface area (Å²) in [5, 5.41) is 0. The summed E-state index contributed by atoms with van der Waals surface area (Å²) in [4.78, 5) is 0. The zero-order valence-electron chi connectivity index (χ0n) is 32.9. The summed E-state index contributed by atoms with van der Waals surface area (Å²) in [6, 6.07) is 33.8. The van der Waals surface area contributed by atoms with Gasteiger partial charge in [-0.3, -0.25) is 0 Å². The molecule has 5 aromatic carbocycles. The van der Waals surface area contributed by atoms with Crippen molar-refractivity contribution in [3.63, 3.8) is 0 Å². The minimum absolute atomic E-state index is 0.0720. The highest BCUT2D eigenvalue weighted by atomic mass is 16.6. The van der Waals surface area contributed by atoms with Crippen LogP contribution in [0.25, 0.3) is 22.3 Å². The Kier molecular flexibility index (Phi) is 10.4. The maximum Gasteiger partial charge on any atom is 0.126 e. The van der Waals surface area contributed by atoms with E-state index in [1.54, 1.807) is 0 Å². The van der Waals surface area contributed by atoms with Gasteiger partial charge in [0.2, 0.25) is 0 Å². The molecule has 10 rings (SSSR count). The third kappa shape index (κ3) is 9.27. The van der Waals surface area contributed by atoms with Gasteiger partial charge in [0.25, 0.3) is 0 Å². The molecular formula is C48H48O10. The van der Waals surface area contributed by atoms with Crippen LogP contribution in [0.3, 0.4) is 0 Å². The minimum atomic E-state index is -0.374. The van der Waals surface area contributed by atoms with Crippen LogP contribution < -0.4 is 23.7 Å². The second kappa shape index (κ2) is 16.3. The van der Waals surface area contributed by atoms with E-state index in [-0.39, 0.29) is 36.4 Å². The van der Waals surface area contributed by atoms with Crippen molar-refractivity contribution in [2.24, 2.45) is 0 Å². The van der Waals surface area contributed by atoms with Crippen LogP contribution in [0.4, 0.5) is 0 Å². The van der Waals surface area contributed by atoms with Crippen LogP contribution in [0.5, 0.6) is 28.7 Å². The monoisotopic (exact) mass is 784 g/mol. The van der Waals surface area contributed by atoms with Crippen molar-refractivity contribution in [1.82, 2.24) is 0 Å². The summed E-state index contributed by atoms with van der Waals surface area (Å²) in [6.45, 7) is 10.3. The lowest BCUT2D eigenvalue weighted by Gasteiger charge is -2.28. The third-order valence-corrected chi connectivity index (χ3v) is 10.9. The van der Waals surface area contributed by atoms with Gasteiger partial charge in [0, 0.05) is 22.6 Å². The van der Waals surface area contributed by atoms with Gasteiger partial charge in [0.1, 0.15) is 92.3 Å². The molecule has 0 spiro atoms. The maximum atomic E-state index is 6.72. The van der Waals surface area contributed by atoms with Crippen LogP contribution in [0.15, 0.2) is 97.1 Å². The Labute approximate surface area is 338 Å². The van der Waals surface area contributed by atoms with Gasteiger partial charge in [0.15, 0.2) is 0 Å². The molecule has 5 saturated heterocycles. The molecule has 5 fully saturated rings. The van der Waals surface area contributed by atoms with Gasteiger partial charge in [0.05, 0.1) is 33.0 Å². The summed E-state index contributed by atoms with van der Waals surface area (Å²) in [6.07, 6.45) is 0.605. The van der Waals surface area contributed by atoms with Gasteiger partial charge in [-0.1, -0.05) is 54.1 Å². The number of benzene rings is 5. The average molecular weight is 785 g/mol. The van der Waals surface area contributed by atoms with Gasteiger partial charge in [-0.2, -0.15) is 0 Å². The van der Waals surface area contributed by atoms with E-state index in [0.717, 1.165) is 92.0 Å². The third-order valence-electron chi connectivity index (χ3n) is 10.9. The lowest BCUT2D eigenvalue weighted by Crippen LogP contribution is -2.15. The van der Waals surface area contributed by atoms with Gasteiger partial charge >= 0.3 is 0 Å². The molecule has 0 aromatic heterocycles. The Morgan fingerprint density at radius 3 is 1.22 bits per heavy atom. The fourth-order valence-corrected chi connectivity index (χ4v) is 7.30. The molecule has 5 unspecified atom stereocenters.